The van der Waals surface area contributed by atoms with Crippen molar-refractivity contribution in [1.82, 2.24) is 9.80 Å². The zero-order chi connectivity index (χ0) is 19.9. The van der Waals surface area contributed by atoms with Gasteiger partial charge in [0, 0.05) is 13.1 Å². The van der Waals surface area contributed by atoms with Crippen molar-refractivity contribution in [2.75, 3.05) is 65.7 Å². The number of amides is 2. The number of nitrogens with zero attached hydrogens (tertiary/aromatic N) is 2. The minimum atomic E-state index is -1.07. The molecule has 0 heterocycles. The highest BCUT2D eigenvalue weighted by atomic mass is 16.5. The Labute approximate surface area is 150 Å². The number of carboxylic acids is 2. The van der Waals surface area contributed by atoms with Gasteiger partial charge < -0.3 is 31.2 Å². The van der Waals surface area contributed by atoms with Gasteiger partial charge in [-0.25, -0.2) is 0 Å². The van der Waals surface area contributed by atoms with Gasteiger partial charge in [0.15, 0.2) is 0 Å². The third kappa shape index (κ3) is 15.3. The second kappa shape index (κ2) is 13.9. The Morgan fingerprint density at radius 1 is 0.654 bits per heavy atom. The van der Waals surface area contributed by atoms with Crippen molar-refractivity contribution in [1.29, 1.82) is 0 Å². The van der Waals surface area contributed by atoms with Gasteiger partial charge in [-0.3, -0.25) is 29.0 Å². The number of rotatable bonds is 17. The molecule has 150 valence electrons. The SMILES string of the molecule is NC(=O)CN(CCOCCOCCN(CC(N)=O)CC(=O)O)CC(=O)O. The van der Waals surface area contributed by atoms with Crippen LogP contribution in [-0.2, 0) is 28.7 Å². The molecule has 0 aliphatic carbocycles. The van der Waals surface area contributed by atoms with E-state index in [2.05, 4.69) is 0 Å². The van der Waals surface area contributed by atoms with Gasteiger partial charge in [-0.05, 0) is 0 Å². The summed E-state index contributed by atoms with van der Waals surface area (Å²) >= 11 is 0. The number of hydrogen-bond donors (Lipinski definition) is 4. The molecule has 0 aromatic heterocycles. The summed E-state index contributed by atoms with van der Waals surface area (Å²) in [5.41, 5.74) is 10.1. The Balaban J connectivity index is 3.83. The smallest absolute Gasteiger partial charge is 0.317 e. The van der Waals surface area contributed by atoms with Crippen molar-refractivity contribution in [3.8, 4) is 0 Å². The average molecular weight is 378 g/mol. The van der Waals surface area contributed by atoms with Gasteiger partial charge in [0.25, 0.3) is 0 Å². The lowest BCUT2D eigenvalue weighted by Crippen LogP contribution is -2.39. The van der Waals surface area contributed by atoms with Crippen LogP contribution in [0.1, 0.15) is 0 Å². The van der Waals surface area contributed by atoms with Gasteiger partial charge in [-0.1, -0.05) is 0 Å². The molecule has 0 unspecified atom stereocenters. The second-order valence-electron chi connectivity index (χ2n) is 5.37. The first kappa shape index (κ1) is 23.7. The van der Waals surface area contributed by atoms with E-state index in [1.54, 1.807) is 0 Å². The second-order valence-corrected chi connectivity index (χ2v) is 5.37. The van der Waals surface area contributed by atoms with E-state index in [4.69, 9.17) is 31.2 Å². The quantitative estimate of drug-likeness (QED) is 0.187. The molecule has 0 rings (SSSR count). The lowest BCUT2D eigenvalue weighted by molar-refractivity contribution is -0.140. The molecule has 0 spiro atoms. The van der Waals surface area contributed by atoms with Gasteiger partial charge in [0.2, 0.25) is 11.8 Å². The number of aliphatic carboxylic acids is 2. The van der Waals surface area contributed by atoms with Crippen molar-refractivity contribution < 1.29 is 38.9 Å². The minimum Gasteiger partial charge on any atom is -0.480 e. The minimum absolute atomic E-state index is 0.175. The molecular formula is C14H26N4O8. The molecule has 0 aromatic rings. The maximum Gasteiger partial charge on any atom is 0.317 e. The van der Waals surface area contributed by atoms with E-state index in [9.17, 15) is 19.2 Å². The number of ether oxygens (including phenoxy) is 2. The number of carbonyl (C=O) groups is 4. The number of carbonyl (C=O) groups excluding carboxylic acids is 2. The first-order valence-electron chi connectivity index (χ1n) is 7.81. The fourth-order valence-corrected chi connectivity index (χ4v) is 1.96. The van der Waals surface area contributed by atoms with Crippen LogP contribution in [0, 0.1) is 0 Å². The molecule has 12 heteroatoms. The normalized spacial score (nSPS) is 11.0. The van der Waals surface area contributed by atoms with Gasteiger partial charge in [0.05, 0.1) is 52.6 Å². The molecule has 2 amide bonds. The summed E-state index contributed by atoms with van der Waals surface area (Å²) in [5, 5.41) is 17.5. The summed E-state index contributed by atoms with van der Waals surface area (Å²) in [7, 11) is 0. The molecule has 0 bridgehead atoms. The van der Waals surface area contributed by atoms with Crippen LogP contribution in [0.4, 0.5) is 0 Å². The summed E-state index contributed by atoms with van der Waals surface area (Å²) in [6, 6.07) is 0. The van der Waals surface area contributed by atoms with E-state index in [1.807, 2.05) is 0 Å². The largest absolute Gasteiger partial charge is 0.480 e. The summed E-state index contributed by atoms with van der Waals surface area (Å²) < 4.78 is 10.5. The lowest BCUT2D eigenvalue weighted by Gasteiger charge is -2.19. The molecule has 12 nitrogen and oxygen atoms in total. The molecule has 6 N–H and O–H groups in total. The fraction of sp³-hybridized carbons (Fsp3) is 0.714. The molecule has 26 heavy (non-hydrogen) atoms. The molecule has 0 atom stereocenters. The molecule has 0 saturated carbocycles. The third-order valence-electron chi connectivity index (χ3n) is 2.95. The molecule has 0 aliphatic heterocycles. The topological polar surface area (TPSA) is 186 Å². The van der Waals surface area contributed by atoms with Gasteiger partial charge in [-0.15, -0.1) is 0 Å². The van der Waals surface area contributed by atoms with Crippen LogP contribution in [0.15, 0.2) is 0 Å². The van der Waals surface area contributed by atoms with Gasteiger partial charge in [-0.2, -0.15) is 0 Å². The Morgan fingerprint density at radius 3 is 1.27 bits per heavy atom. The summed E-state index contributed by atoms with van der Waals surface area (Å²) in [6.07, 6.45) is 0. The van der Waals surface area contributed by atoms with E-state index < -0.39 is 23.8 Å². The predicted molar refractivity (Wildman–Crippen MR) is 88.2 cm³/mol. The number of primary amides is 2. The summed E-state index contributed by atoms with van der Waals surface area (Å²) in [5.74, 6) is -3.40. The highest BCUT2D eigenvalue weighted by Crippen LogP contribution is 1.91. The van der Waals surface area contributed by atoms with Crippen LogP contribution >= 0.6 is 0 Å². The van der Waals surface area contributed by atoms with Crippen molar-refractivity contribution in [3.05, 3.63) is 0 Å². The van der Waals surface area contributed by atoms with E-state index >= 15 is 0 Å². The molecule has 0 fully saturated rings. The van der Waals surface area contributed by atoms with Crippen LogP contribution in [-0.4, -0.2) is 109 Å². The van der Waals surface area contributed by atoms with Crippen LogP contribution in [0.25, 0.3) is 0 Å². The summed E-state index contributed by atoms with van der Waals surface area (Å²) in [4.78, 5) is 45.7. The van der Waals surface area contributed by atoms with E-state index in [0.29, 0.717) is 0 Å². The standard InChI is InChI=1S/C14H26N4O8/c15-11(19)7-17(9-13(21)22)1-3-25-5-6-26-4-2-18(8-12(16)20)10-14(23)24/h1-10H2,(H2,15,19)(H2,16,20)(H,21,22)(H,23,24). The van der Waals surface area contributed by atoms with Gasteiger partial charge in [0.1, 0.15) is 0 Å². The molecule has 0 aromatic carbocycles. The molecule has 0 aliphatic rings. The van der Waals surface area contributed by atoms with E-state index in [1.165, 1.54) is 9.80 Å². The van der Waals surface area contributed by atoms with Crippen molar-refractivity contribution >= 4 is 23.8 Å². The maximum absolute atomic E-state index is 10.8. The Kier molecular flexibility index (Phi) is 12.7. The van der Waals surface area contributed by atoms with Crippen molar-refractivity contribution in [2.24, 2.45) is 11.5 Å². The van der Waals surface area contributed by atoms with E-state index in [-0.39, 0.29) is 65.7 Å². The van der Waals surface area contributed by atoms with E-state index in [0.717, 1.165) is 0 Å². The van der Waals surface area contributed by atoms with Crippen LogP contribution < -0.4 is 11.5 Å². The monoisotopic (exact) mass is 378 g/mol. The predicted octanol–water partition coefficient (Wildman–Crippen LogP) is -3.24. The Bertz CT molecular complexity index is 400. The Hall–Kier alpha value is -2.28. The third-order valence-corrected chi connectivity index (χ3v) is 2.95. The van der Waals surface area contributed by atoms with Crippen molar-refractivity contribution in [2.45, 2.75) is 0 Å². The number of hydrogen-bond acceptors (Lipinski definition) is 8. The molecule has 0 radical (unpaired) electrons. The zero-order valence-corrected chi connectivity index (χ0v) is 14.5. The van der Waals surface area contributed by atoms with Crippen LogP contribution in [0.3, 0.4) is 0 Å². The van der Waals surface area contributed by atoms with Crippen LogP contribution in [0.5, 0.6) is 0 Å². The average Bonchev–Trinajstić information content (AvgIpc) is 2.47. The summed E-state index contributed by atoms with van der Waals surface area (Å²) in [6.45, 7) is 0.299. The Morgan fingerprint density at radius 2 is 1.00 bits per heavy atom. The fourth-order valence-electron chi connectivity index (χ4n) is 1.96. The molecule has 0 saturated heterocycles. The highest BCUT2D eigenvalue weighted by Gasteiger charge is 2.13. The number of carboxylic acid groups (broad SMARTS) is 2. The molecular weight excluding hydrogens is 352 g/mol. The lowest BCUT2D eigenvalue weighted by atomic mass is 10.4. The first-order chi connectivity index (χ1) is 12.2. The number of nitrogens with two attached hydrogens (primary N) is 2. The van der Waals surface area contributed by atoms with Crippen LogP contribution in [0.2, 0.25) is 0 Å². The first-order valence-corrected chi connectivity index (χ1v) is 7.81. The maximum atomic E-state index is 10.8. The van der Waals surface area contributed by atoms with Crippen molar-refractivity contribution in [3.63, 3.8) is 0 Å². The van der Waals surface area contributed by atoms with Gasteiger partial charge >= 0.3 is 11.9 Å². The zero-order valence-electron chi connectivity index (χ0n) is 14.5. The highest BCUT2D eigenvalue weighted by molar-refractivity contribution is 5.77.